The van der Waals surface area contributed by atoms with Gasteiger partial charge in [0.1, 0.15) is 0 Å². The number of carbonyl (C=O) groups excluding carboxylic acids is 2. The summed E-state index contributed by atoms with van der Waals surface area (Å²) in [5.74, 6) is -0.559. The van der Waals surface area contributed by atoms with E-state index in [4.69, 9.17) is 4.74 Å². The van der Waals surface area contributed by atoms with Crippen molar-refractivity contribution in [3.05, 3.63) is 39.4 Å². The van der Waals surface area contributed by atoms with Gasteiger partial charge in [-0.1, -0.05) is 19.8 Å². The maximum Gasteiger partial charge on any atom is 0.338 e. The summed E-state index contributed by atoms with van der Waals surface area (Å²) in [6, 6.07) is 4.11. The molecular weight excluding hydrogens is 312 g/mol. The molecule has 2 unspecified atom stereocenters. The Morgan fingerprint density at radius 1 is 1.33 bits per heavy atom. The van der Waals surface area contributed by atoms with Gasteiger partial charge in [-0.05, 0) is 37.8 Å². The number of benzene rings is 1. The standard InChI is InChI=1S/C17H22N2O5/c1-11-5-3-4-6-14(11)18-16(20)10-24-17(21)13-7-8-15(19(22)23)12(2)9-13/h7-9,11,14H,3-6,10H2,1-2H3,(H,18,20). The third-order valence-electron chi connectivity index (χ3n) is 4.42. The quantitative estimate of drug-likeness (QED) is 0.507. The van der Waals surface area contributed by atoms with Crippen LogP contribution in [0.4, 0.5) is 5.69 Å². The normalized spacial score (nSPS) is 20.2. The number of rotatable bonds is 5. The fourth-order valence-electron chi connectivity index (χ4n) is 2.98. The first-order valence-corrected chi connectivity index (χ1v) is 8.10. The summed E-state index contributed by atoms with van der Waals surface area (Å²) in [4.78, 5) is 34.2. The molecule has 2 atom stereocenters. The van der Waals surface area contributed by atoms with E-state index in [-0.39, 0.29) is 29.8 Å². The fourth-order valence-corrected chi connectivity index (χ4v) is 2.98. The Bertz CT molecular complexity index is 644. The lowest BCUT2D eigenvalue weighted by molar-refractivity contribution is -0.385. The van der Waals surface area contributed by atoms with E-state index in [2.05, 4.69) is 12.2 Å². The molecule has 1 aliphatic rings. The molecule has 7 heteroatoms. The number of nitrogens with one attached hydrogen (secondary N) is 1. The van der Waals surface area contributed by atoms with Crippen molar-refractivity contribution >= 4 is 17.6 Å². The Morgan fingerprint density at radius 3 is 2.67 bits per heavy atom. The maximum atomic E-state index is 12.0. The summed E-state index contributed by atoms with van der Waals surface area (Å²) < 4.78 is 5.00. The van der Waals surface area contributed by atoms with Crippen LogP contribution in [-0.4, -0.2) is 29.4 Å². The Morgan fingerprint density at radius 2 is 2.04 bits per heavy atom. The summed E-state index contributed by atoms with van der Waals surface area (Å²) in [7, 11) is 0. The van der Waals surface area contributed by atoms with Gasteiger partial charge < -0.3 is 10.1 Å². The van der Waals surface area contributed by atoms with E-state index in [9.17, 15) is 19.7 Å². The molecule has 130 valence electrons. The molecule has 2 rings (SSSR count). The summed E-state index contributed by atoms with van der Waals surface area (Å²) in [6.07, 6.45) is 4.31. The van der Waals surface area contributed by atoms with E-state index >= 15 is 0 Å². The van der Waals surface area contributed by atoms with E-state index in [0.717, 1.165) is 19.3 Å². The molecule has 0 heterocycles. The van der Waals surface area contributed by atoms with Gasteiger partial charge in [0.2, 0.25) is 0 Å². The zero-order chi connectivity index (χ0) is 17.7. The van der Waals surface area contributed by atoms with Crippen molar-refractivity contribution in [3.8, 4) is 0 Å². The zero-order valence-corrected chi connectivity index (χ0v) is 13.9. The van der Waals surface area contributed by atoms with Crippen molar-refractivity contribution in [2.45, 2.75) is 45.6 Å². The molecule has 0 spiro atoms. The number of nitrogens with zero attached hydrogens (tertiary/aromatic N) is 1. The third-order valence-corrected chi connectivity index (χ3v) is 4.42. The maximum absolute atomic E-state index is 12.0. The van der Waals surface area contributed by atoms with Gasteiger partial charge in [-0.25, -0.2) is 4.79 Å². The first kappa shape index (κ1) is 17.9. The van der Waals surface area contributed by atoms with E-state index in [0.29, 0.717) is 11.5 Å². The first-order valence-electron chi connectivity index (χ1n) is 8.10. The fraction of sp³-hybridized carbons (Fsp3) is 0.529. The number of ether oxygens (including phenoxy) is 1. The van der Waals surface area contributed by atoms with Crippen LogP contribution < -0.4 is 5.32 Å². The van der Waals surface area contributed by atoms with Crippen LogP contribution in [0.3, 0.4) is 0 Å². The summed E-state index contributed by atoms with van der Waals surface area (Å²) in [6.45, 7) is 3.31. The number of hydrogen-bond donors (Lipinski definition) is 1. The average Bonchev–Trinajstić information content (AvgIpc) is 2.54. The molecular formula is C17H22N2O5. The Labute approximate surface area is 140 Å². The Balaban J connectivity index is 1.87. The highest BCUT2D eigenvalue weighted by Gasteiger charge is 2.23. The topological polar surface area (TPSA) is 98.5 Å². The van der Waals surface area contributed by atoms with Gasteiger partial charge >= 0.3 is 5.97 Å². The van der Waals surface area contributed by atoms with Crippen molar-refractivity contribution in [2.75, 3.05) is 6.61 Å². The zero-order valence-electron chi connectivity index (χ0n) is 13.9. The smallest absolute Gasteiger partial charge is 0.338 e. The number of esters is 1. The highest BCUT2D eigenvalue weighted by molar-refractivity contribution is 5.91. The van der Waals surface area contributed by atoms with Crippen LogP contribution in [0.2, 0.25) is 0 Å². The summed E-state index contributed by atoms with van der Waals surface area (Å²) >= 11 is 0. The lowest BCUT2D eigenvalue weighted by atomic mass is 9.86. The minimum Gasteiger partial charge on any atom is -0.452 e. The highest BCUT2D eigenvalue weighted by Crippen LogP contribution is 2.23. The van der Waals surface area contributed by atoms with Gasteiger partial charge in [0.15, 0.2) is 6.61 Å². The second-order valence-corrected chi connectivity index (χ2v) is 6.27. The van der Waals surface area contributed by atoms with Gasteiger partial charge in [-0.3, -0.25) is 14.9 Å². The predicted molar refractivity (Wildman–Crippen MR) is 87.7 cm³/mol. The molecule has 0 aromatic heterocycles. The van der Waals surface area contributed by atoms with Crippen molar-refractivity contribution in [3.63, 3.8) is 0 Å². The molecule has 7 nitrogen and oxygen atoms in total. The molecule has 1 saturated carbocycles. The first-order chi connectivity index (χ1) is 11.4. The highest BCUT2D eigenvalue weighted by atomic mass is 16.6. The van der Waals surface area contributed by atoms with E-state index in [1.165, 1.54) is 24.6 Å². The van der Waals surface area contributed by atoms with Crippen LogP contribution in [0.5, 0.6) is 0 Å². The lowest BCUT2D eigenvalue weighted by Crippen LogP contribution is -2.42. The minimum atomic E-state index is -0.667. The van der Waals surface area contributed by atoms with Crippen molar-refractivity contribution in [2.24, 2.45) is 5.92 Å². The summed E-state index contributed by atoms with van der Waals surface area (Å²) in [5, 5.41) is 13.7. The van der Waals surface area contributed by atoms with Crippen LogP contribution >= 0.6 is 0 Å². The Hall–Kier alpha value is -2.44. The van der Waals surface area contributed by atoms with Crippen LogP contribution in [0, 0.1) is 23.0 Å². The van der Waals surface area contributed by atoms with Gasteiger partial charge in [0.25, 0.3) is 11.6 Å². The average molecular weight is 334 g/mol. The molecule has 24 heavy (non-hydrogen) atoms. The van der Waals surface area contributed by atoms with E-state index < -0.39 is 10.9 Å². The molecule has 1 aromatic carbocycles. The molecule has 0 saturated heterocycles. The Kier molecular flexibility index (Phi) is 5.89. The SMILES string of the molecule is Cc1cc(C(=O)OCC(=O)NC2CCCCC2C)ccc1[N+](=O)[O-]. The third kappa shape index (κ3) is 4.53. The van der Waals surface area contributed by atoms with Crippen LogP contribution in [-0.2, 0) is 9.53 Å². The van der Waals surface area contributed by atoms with Crippen LogP contribution in [0.25, 0.3) is 0 Å². The number of nitro groups is 1. The van der Waals surface area contributed by atoms with Gasteiger partial charge in [-0.15, -0.1) is 0 Å². The molecule has 0 radical (unpaired) electrons. The molecule has 0 bridgehead atoms. The molecule has 1 N–H and O–H groups in total. The van der Waals surface area contributed by atoms with Crippen molar-refractivity contribution in [1.82, 2.24) is 5.32 Å². The number of carbonyl (C=O) groups is 2. The number of aryl methyl sites for hydroxylation is 1. The molecule has 0 aliphatic heterocycles. The van der Waals surface area contributed by atoms with Crippen LogP contribution in [0.1, 0.15) is 48.5 Å². The predicted octanol–water partition coefficient (Wildman–Crippen LogP) is 2.75. The molecule has 1 amide bonds. The van der Waals surface area contributed by atoms with Crippen molar-refractivity contribution < 1.29 is 19.2 Å². The minimum absolute atomic E-state index is 0.0596. The molecule has 1 fully saturated rings. The second-order valence-electron chi connectivity index (χ2n) is 6.27. The second kappa shape index (κ2) is 7.90. The van der Waals surface area contributed by atoms with E-state index in [1.807, 2.05) is 0 Å². The van der Waals surface area contributed by atoms with Gasteiger partial charge in [0, 0.05) is 17.7 Å². The number of hydrogen-bond acceptors (Lipinski definition) is 5. The van der Waals surface area contributed by atoms with Gasteiger partial charge in [0.05, 0.1) is 10.5 Å². The van der Waals surface area contributed by atoms with Gasteiger partial charge in [-0.2, -0.15) is 0 Å². The largest absolute Gasteiger partial charge is 0.452 e. The molecule has 1 aliphatic carbocycles. The number of amides is 1. The summed E-state index contributed by atoms with van der Waals surface area (Å²) in [5.41, 5.74) is 0.502. The number of nitro benzene ring substituents is 1. The monoisotopic (exact) mass is 334 g/mol. The lowest BCUT2D eigenvalue weighted by Gasteiger charge is -2.29. The van der Waals surface area contributed by atoms with E-state index in [1.54, 1.807) is 6.92 Å². The van der Waals surface area contributed by atoms with Crippen molar-refractivity contribution in [1.29, 1.82) is 0 Å². The molecule has 1 aromatic rings. The van der Waals surface area contributed by atoms with Crippen LogP contribution in [0.15, 0.2) is 18.2 Å².